The van der Waals surface area contributed by atoms with Crippen molar-refractivity contribution in [1.29, 1.82) is 0 Å². The fourth-order valence-corrected chi connectivity index (χ4v) is 5.49. The van der Waals surface area contributed by atoms with Crippen molar-refractivity contribution in [2.45, 2.75) is 71.5 Å². The molecular formula is C29H43NO. The molecule has 0 N–H and O–H groups in total. The van der Waals surface area contributed by atoms with Gasteiger partial charge in [-0.2, -0.15) is 0 Å². The standard InChI is InChI=1S/C29H43NO/c1-5-12-24(13-6-2)29(28(8-4)23-14-10-9-11-15-23)25-16-18-26(19-17-25)31-27-21-30(22-27)20-7-3/h5-6,10,13-18,24,26-29H,1,7-9,11-12,19-22H2,2-4H3/b13-6-/t24-,26-,28?,29+/m1/s1. The molecule has 1 saturated heterocycles. The smallest absolute Gasteiger partial charge is 0.0836 e. The Morgan fingerprint density at radius 3 is 2.58 bits per heavy atom. The van der Waals surface area contributed by atoms with E-state index < -0.39 is 0 Å². The van der Waals surface area contributed by atoms with Gasteiger partial charge in [0.05, 0.1) is 12.2 Å². The van der Waals surface area contributed by atoms with Gasteiger partial charge in [0.15, 0.2) is 0 Å². The largest absolute Gasteiger partial charge is 0.368 e. The van der Waals surface area contributed by atoms with Gasteiger partial charge < -0.3 is 4.74 Å². The average molecular weight is 422 g/mol. The predicted octanol–water partition coefficient (Wildman–Crippen LogP) is 7.04. The molecule has 2 nitrogen and oxygen atoms in total. The van der Waals surface area contributed by atoms with E-state index in [2.05, 4.69) is 86.9 Å². The van der Waals surface area contributed by atoms with Gasteiger partial charge in [-0.15, -0.1) is 6.58 Å². The predicted molar refractivity (Wildman–Crippen MR) is 134 cm³/mol. The number of hydrogen-bond acceptors (Lipinski definition) is 2. The van der Waals surface area contributed by atoms with Crippen LogP contribution in [0.5, 0.6) is 0 Å². The van der Waals surface area contributed by atoms with Gasteiger partial charge in [0.2, 0.25) is 0 Å². The third-order valence-corrected chi connectivity index (χ3v) is 6.97. The summed E-state index contributed by atoms with van der Waals surface area (Å²) in [4.78, 5) is 2.49. The molecule has 170 valence electrons. The first-order chi connectivity index (χ1) is 15.2. The van der Waals surface area contributed by atoms with Crippen molar-refractivity contribution in [2.24, 2.45) is 17.8 Å². The van der Waals surface area contributed by atoms with Crippen molar-refractivity contribution in [3.05, 3.63) is 72.4 Å². The molecule has 0 spiro atoms. The Bertz CT molecular complexity index is 719. The molecule has 4 atom stereocenters. The molecule has 0 bridgehead atoms. The molecule has 0 aromatic heterocycles. The van der Waals surface area contributed by atoms with Crippen molar-refractivity contribution in [3.63, 3.8) is 0 Å². The van der Waals surface area contributed by atoms with Crippen molar-refractivity contribution < 1.29 is 4.74 Å². The summed E-state index contributed by atoms with van der Waals surface area (Å²) in [5.74, 6) is 1.50. The van der Waals surface area contributed by atoms with E-state index in [1.54, 1.807) is 0 Å². The quantitative estimate of drug-likeness (QED) is 0.313. The van der Waals surface area contributed by atoms with Crippen LogP contribution in [0.15, 0.2) is 72.4 Å². The second-order valence-electron chi connectivity index (χ2n) is 9.29. The van der Waals surface area contributed by atoms with Crippen LogP contribution in [0.25, 0.3) is 0 Å². The molecule has 1 heterocycles. The second kappa shape index (κ2) is 12.4. The first-order valence-electron chi connectivity index (χ1n) is 12.6. The summed E-state index contributed by atoms with van der Waals surface area (Å²) >= 11 is 0. The minimum Gasteiger partial charge on any atom is -0.368 e. The fourth-order valence-electron chi connectivity index (χ4n) is 5.49. The Labute approximate surface area is 191 Å². The van der Waals surface area contributed by atoms with Crippen molar-refractivity contribution in [2.75, 3.05) is 19.6 Å². The Balaban J connectivity index is 1.72. The monoisotopic (exact) mass is 421 g/mol. The molecule has 1 fully saturated rings. The first-order valence-corrected chi connectivity index (χ1v) is 12.6. The molecule has 3 rings (SSSR count). The molecule has 31 heavy (non-hydrogen) atoms. The van der Waals surface area contributed by atoms with E-state index in [0.717, 1.165) is 32.4 Å². The molecule has 2 heteroatoms. The molecule has 0 radical (unpaired) electrons. The molecular weight excluding hydrogens is 378 g/mol. The third-order valence-electron chi connectivity index (χ3n) is 6.97. The summed E-state index contributed by atoms with van der Waals surface area (Å²) in [6, 6.07) is 0. The van der Waals surface area contributed by atoms with Crippen LogP contribution in [0.2, 0.25) is 0 Å². The topological polar surface area (TPSA) is 12.5 Å². The van der Waals surface area contributed by atoms with Gasteiger partial charge in [-0.3, -0.25) is 4.90 Å². The van der Waals surface area contributed by atoms with Crippen LogP contribution in [0.3, 0.4) is 0 Å². The van der Waals surface area contributed by atoms with Crippen LogP contribution in [0.4, 0.5) is 0 Å². The lowest BCUT2D eigenvalue weighted by molar-refractivity contribution is -0.0763. The first kappa shape index (κ1) is 24.0. The SMILES string of the molecule is C=CC[C@H](/C=C\C)[C@@H](C1=CC[C@H](OC2CN(CCC)C2)C=C1)C(CC)C1=CCCC=C1. The second-order valence-corrected chi connectivity index (χ2v) is 9.29. The van der Waals surface area contributed by atoms with Gasteiger partial charge in [0.1, 0.15) is 0 Å². The molecule has 0 aromatic rings. The van der Waals surface area contributed by atoms with E-state index in [1.165, 1.54) is 37.0 Å². The molecule has 0 saturated carbocycles. The maximum absolute atomic E-state index is 6.36. The summed E-state index contributed by atoms with van der Waals surface area (Å²) < 4.78 is 6.36. The van der Waals surface area contributed by atoms with Crippen LogP contribution >= 0.6 is 0 Å². The van der Waals surface area contributed by atoms with Gasteiger partial charge in [-0.1, -0.05) is 68.5 Å². The summed E-state index contributed by atoms with van der Waals surface area (Å²) in [6.07, 6.45) is 28.4. The number of ether oxygens (including phenoxy) is 1. The lowest BCUT2D eigenvalue weighted by Crippen LogP contribution is -2.53. The molecule has 3 aliphatic rings. The zero-order chi connectivity index (χ0) is 22.1. The van der Waals surface area contributed by atoms with E-state index in [-0.39, 0.29) is 6.10 Å². The number of allylic oxidation sites excluding steroid dienone is 9. The van der Waals surface area contributed by atoms with Crippen LogP contribution in [0.1, 0.15) is 59.3 Å². The summed E-state index contributed by atoms with van der Waals surface area (Å²) in [7, 11) is 0. The number of likely N-dealkylation sites (tertiary alicyclic amines) is 1. The van der Waals surface area contributed by atoms with Crippen LogP contribution in [-0.2, 0) is 4.74 Å². The van der Waals surface area contributed by atoms with E-state index in [0.29, 0.717) is 23.9 Å². The maximum Gasteiger partial charge on any atom is 0.0836 e. The Hall–Kier alpha value is -1.64. The van der Waals surface area contributed by atoms with Crippen LogP contribution in [-0.4, -0.2) is 36.7 Å². The lowest BCUT2D eigenvalue weighted by atomic mass is 9.69. The number of nitrogens with zero attached hydrogens (tertiary/aromatic N) is 1. The minimum atomic E-state index is 0.228. The Kier molecular flexibility index (Phi) is 9.61. The van der Waals surface area contributed by atoms with Crippen molar-refractivity contribution >= 4 is 0 Å². The van der Waals surface area contributed by atoms with E-state index in [1.807, 2.05) is 0 Å². The van der Waals surface area contributed by atoms with Crippen molar-refractivity contribution in [1.82, 2.24) is 4.90 Å². The molecule has 0 aromatic carbocycles. The highest BCUT2D eigenvalue weighted by molar-refractivity contribution is 5.35. The molecule has 1 unspecified atom stereocenters. The van der Waals surface area contributed by atoms with E-state index in [4.69, 9.17) is 4.74 Å². The molecule has 2 aliphatic carbocycles. The Morgan fingerprint density at radius 1 is 1.16 bits per heavy atom. The number of hydrogen-bond donors (Lipinski definition) is 0. The average Bonchev–Trinajstić information content (AvgIpc) is 2.77. The van der Waals surface area contributed by atoms with Crippen LogP contribution < -0.4 is 0 Å². The van der Waals surface area contributed by atoms with Gasteiger partial charge in [0, 0.05) is 13.1 Å². The summed E-state index contributed by atoms with van der Waals surface area (Å²) in [5, 5.41) is 0. The lowest BCUT2D eigenvalue weighted by Gasteiger charge is -2.41. The third kappa shape index (κ3) is 6.43. The maximum atomic E-state index is 6.36. The summed E-state index contributed by atoms with van der Waals surface area (Å²) in [6.45, 7) is 14.2. The number of rotatable bonds is 12. The minimum absolute atomic E-state index is 0.228. The highest BCUT2D eigenvalue weighted by atomic mass is 16.5. The van der Waals surface area contributed by atoms with Gasteiger partial charge >= 0.3 is 0 Å². The van der Waals surface area contributed by atoms with E-state index >= 15 is 0 Å². The normalized spacial score (nSPS) is 25.1. The van der Waals surface area contributed by atoms with Crippen LogP contribution in [0, 0.1) is 17.8 Å². The van der Waals surface area contributed by atoms with Gasteiger partial charge in [-0.05, 0) is 80.9 Å². The zero-order valence-electron chi connectivity index (χ0n) is 20.0. The van der Waals surface area contributed by atoms with E-state index in [9.17, 15) is 0 Å². The zero-order valence-corrected chi connectivity index (χ0v) is 20.0. The van der Waals surface area contributed by atoms with Gasteiger partial charge in [0.25, 0.3) is 0 Å². The van der Waals surface area contributed by atoms with Gasteiger partial charge in [-0.25, -0.2) is 0 Å². The molecule has 0 amide bonds. The fraction of sp³-hybridized carbons (Fsp3) is 0.586. The highest BCUT2D eigenvalue weighted by Crippen LogP contribution is 2.41. The summed E-state index contributed by atoms with van der Waals surface area (Å²) in [5.41, 5.74) is 3.01. The van der Waals surface area contributed by atoms with Crippen molar-refractivity contribution in [3.8, 4) is 0 Å². The highest BCUT2D eigenvalue weighted by Gasteiger charge is 2.33. The Morgan fingerprint density at radius 2 is 2.00 bits per heavy atom. The molecule has 1 aliphatic heterocycles.